The van der Waals surface area contributed by atoms with Crippen molar-refractivity contribution in [1.82, 2.24) is 19.3 Å². The van der Waals surface area contributed by atoms with Gasteiger partial charge in [-0.2, -0.15) is 0 Å². The van der Waals surface area contributed by atoms with Crippen LogP contribution in [-0.4, -0.2) is 30.9 Å². The van der Waals surface area contributed by atoms with Gasteiger partial charge in [-0.25, -0.2) is 0 Å². The maximum Gasteiger partial charge on any atom is 0.191 e. The van der Waals surface area contributed by atoms with E-state index in [1.54, 1.807) is 0 Å². The van der Waals surface area contributed by atoms with Crippen LogP contribution in [0.5, 0.6) is 0 Å². The van der Waals surface area contributed by atoms with Crippen molar-refractivity contribution in [2.24, 2.45) is 0 Å². The van der Waals surface area contributed by atoms with Crippen molar-refractivity contribution < 1.29 is 4.79 Å². The molecule has 0 spiro atoms. The highest BCUT2D eigenvalue weighted by molar-refractivity contribution is 7.99. The zero-order chi connectivity index (χ0) is 20.3. The topological polar surface area (TPSA) is 52.7 Å². The monoisotopic (exact) mass is 396 g/mol. The molecule has 148 valence electrons. The lowest BCUT2D eigenvalue weighted by atomic mass is 10.1. The Morgan fingerprint density at radius 3 is 2.50 bits per heavy atom. The fraction of sp³-hybridized carbons (Fsp3) is 0.409. The first-order valence-electron chi connectivity index (χ1n) is 9.79. The second-order valence-electron chi connectivity index (χ2n) is 7.07. The van der Waals surface area contributed by atoms with Gasteiger partial charge in [0.05, 0.1) is 5.75 Å². The number of benzene rings is 1. The quantitative estimate of drug-likeness (QED) is 0.394. The van der Waals surface area contributed by atoms with E-state index in [1.165, 1.54) is 17.3 Å². The number of aromatic nitrogens is 4. The molecule has 0 bridgehead atoms. The number of aryl methyl sites for hydroxylation is 2. The van der Waals surface area contributed by atoms with E-state index in [0.29, 0.717) is 5.75 Å². The molecule has 2 aromatic heterocycles. The van der Waals surface area contributed by atoms with Crippen LogP contribution in [0.2, 0.25) is 0 Å². The first kappa shape index (κ1) is 20.4. The van der Waals surface area contributed by atoms with Crippen molar-refractivity contribution in [3.63, 3.8) is 0 Å². The molecule has 5 nitrogen and oxygen atoms in total. The minimum atomic E-state index is 0.140. The Morgan fingerprint density at radius 2 is 1.86 bits per heavy atom. The van der Waals surface area contributed by atoms with E-state index in [1.807, 2.05) is 26.0 Å². The zero-order valence-corrected chi connectivity index (χ0v) is 18.1. The highest BCUT2D eigenvalue weighted by Gasteiger charge is 2.18. The van der Waals surface area contributed by atoms with Crippen LogP contribution >= 0.6 is 11.8 Å². The van der Waals surface area contributed by atoms with Crippen LogP contribution in [-0.2, 0) is 13.1 Å². The Morgan fingerprint density at radius 1 is 1.07 bits per heavy atom. The molecule has 0 fully saturated rings. The van der Waals surface area contributed by atoms with E-state index in [9.17, 15) is 4.79 Å². The SMILES string of the molecule is CCCn1c(SCC(=O)c2cc(C)n(CC)c2C)nnc1-c1cccc(C)c1. The van der Waals surface area contributed by atoms with Gasteiger partial charge in [0.15, 0.2) is 16.8 Å². The van der Waals surface area contributed by atoms with Crippen molar-refractivity contribution >= 4 is 17.5 Å². The van der Waals surface area contributed by atoms with Gasteiger partial charge < -0.3 is 9.13 Å². The van der Waals surface area contributed by atoms with Gasteiger partial charge in [0.1, 0.15) is 0 Å². The molecule has 0 saturated carbocycles. The number of carbonyl (C=O) groups excluding carboxylic acids is 1. The Balaban J connectivity index is 1.82. The van der Waals surface area contributed by atoms with Gasteiger partial charge in [0.25, 0.3) is 0 Å². The Labute approximate surface area is 171 Å². The lowest BCUT2D eigenvalue weighted by molar-refractivity contribution is 0.102. The zero-order valence-electron chi connectivity index (χ0n) is 17.3. The molecular weight excluding hydrogens is 368 g/mol. The van der Waals surface area contributed by atoms with E-state index >= 15 is 0 Å². The summed E-state index contributed by atoms with van der Waals surface area (Å²) in [5.41, 5.74) is 5.24. The van der Waals surface area contributed by atoms with E-state index in [2.05, 4.69) is 58.3 Å². The Kier molecular flexibility index (Phi) is 6.39. The molecule has 0 unspecified atom stereocenters. The molecule has 0 N–H and O–H groups in total. The number of Topliss-reactive ketones (excluding diaryl/α,β-unsaturated/α-hetero) is 1. The third-order valence-electron chi connectivity index (χ3n) is 4.96. The van der Waals surface area contributed by atoms with Gasteiger partial charge in [-0.3, -0.25) is 4.79 Å². The summed E-state index contributed by atoms with van der Waals surface area (Å²) in [6.45, 7) is 12.1. The second kappa shape index (κ2) is 8.78. The largest absolute Gasteiger partial charge is 0.349 e. The molecule has 2 heterocycles. The standard InChI is InChI=1S/C22H28N4OS/c1-6-11-26-21(18-10-8-9-15(3)12-18)23-24-22(26)28-14-20(27)19-13-16(4)25(7-2)17(19)5/h8-10,12-13H,6-7,11,14H2,1-5H3. The average Bonchev–Trinajstić information content (AvgIpc) is 3.20. The van der Waals surface area contributed by atoms with Crippen LogP contribution in [0.1, 0.15) is 47.6 Å². The van der Waals surface area contributed by atoms with E-state index in [-0.39, 0.29) is 5.78 Å². The molecule has 6 heteroatoms. The second-order valence-corrected chi connectivity index (χ2v) is 8.01. The highest BCUT2D eigenvalue weighted by atomic mass is 32.2. The van der Waals surface area contributed by atoms with Gasteiger partial charge in [0.2, 0.25) is 0 Å². The minimum absolute atomic E-state index is 0.140. The van der Waals surface area contributed by atoms with E-state index < -0.39 is 0 Å². The van der Waals surface area contributed by atoms with Crippen LogP contribution in [0, 0.1) is 20.8 Å². The maximum atomic E-state index is 12.8. The summed E-state index contributed by atoms with van der Waals surface area (Å²) in [5.74, 6) is 1.37. The molecule has 1 aromatic carbocycles. The van der Waals surface area contributed by atoms with Crippen LogP contribution in [0.4, 0.5) is 0 Å². The van der Waals surface area contributed by atoms with Crippen molar-refractivity contribution in [2.75, 3.05) is 5.75 Å². The van der Waals surface area contributed by atoms with Gasteiger partial charge in [-0.05, 0) is 46.2 Å². The fourth-order valence-electron chi connectivity index (χ4n) is 3.60. The minimum Gasteiger partial charge on any atom is -0.349 e. The Bertz CT molecular complexity index is 987. The van der Waals surface area contributed by atoms with E-state index in [4.69, 9.17) is 0 Å². The van der Waals surface area contributed by atoms with E-state index in [0.717, 1.165) is 53.0 Å². The summed E-state index contributed by atoms with van der Waals surface area (Å²) in [7, 11) is 0. The normalized spacial score (nSPS) is 11.2. The predicted molar refractivity (Wildman–Crippen MR) is 115 cm³/mol. The number of thioether (sulfide) groups is 1. The smallest absolute Gasteiger partial charge is 0.191 e. The molecule has 0 saturated heterocycles. The lowest BCUT2D eigenvalue weighted by Gasteiger charge is -2.09. The Hall–Kier alpha value is -2.34. The summed E-state index contributed by atoms with van der Waals surface area (Å²) >= 11 is 1.47. The van der Waals surface area contributed by atoms with Crippen LogP contribution in [0.15, 0.2) is 35.5 Å². The third-order valence-corrected chi connectivity index (χ3v) is 5.93. The summed E-state index contributed by atoms with van der Waals surface area (Å²) in [6.07, 6.45) is 0.982. The molecule has 0 aliphatic carbocycles. The molecule has 0 amide bonds. The molecule has 0 atom stereocenters. The molecule has 0 aliphatic rings. The molecule has 3 rings (SSSR count). The van der Waals surface area contributed by atoms with Crippen molar-refractivity contribution in [3.8, 4) is 11.4 Å². The number of rotatable bonds is 8. The first-order chi connectivity index (χ1) is 13.5. The van der Waals surface area contributed by atoms with Crippen molar-refractivity contribution in [2.45, 2.75) is 59.3 Å². The fourth-order valence-corrected chi connectivity index (χ4v) is 4.44. The molecule has 3 aromatic rings. The molecule has 0 aliphatic heterocycles. The molecule has 28 heavy (non-hydrogen) atoms. The highest BCUT2D eigenvalue weighted by Crippen LogP contribution is 2.26. The van der Waals surface area contributed by atoms with Gasteiger partial charge in [-0.1, -0.05) is 42.4 Å². The predicted octanol–water partition coefficient (Wildman–Crippen LogP) is 5.08. The number of hydrogen-bond donors (Lipinski definition) is 0. The van der Waals surface area contributed by atoms with Crippen molar-refractivity contribution in [1.29, 1.82) is 0 Å². The number of hydrogen-bond acceptors (Lipinski definition) is 4. The summed E-state index contributed by atoms with van der Waals surface area (Å²) in [6, 6.07) is 10.3. The van der Waals surface area contributed by atoms with Crippen LogP contribution in [0.3, 0.4) is 0 Å². The molecule has 0 radical (unpaired) electrons. The van der Waals surface area contributed by atoms with Crippen LogP contribution in [0.25, 0.3) is 11.4 Å². The third kappa shape index (κ3) is 4.07. The van der Waals surface area contributed by atoms with Crippen molar-refractivity contribution in [3.05, 3.63) is 52.8 Å². The van der Waals surface area contributed by atoms with Crippen LogP contribution < -0.4 is 0 Å². The number of carbonyl (C=O) groups is 1. The number of nitrogens with zero attached hydrogens (tertiary/aromatic N) is 4. The maximum absolute atomic E-state index is 12.8. The van der Waals surface area contributed by atoms with Gasteiger partial charge in [-0.15, -0.1) is 10.2 Å². The average molecular weight is 397 g/mol. The lowest BCUT2D eigenvalue weighted by Crippen LogP contribution is -2.07. The summed E-state index contributed by atoms with van der Waals surface area (Å²) in [4.78, 5) is 12.8. The van der Waals surface area contributed by atoms with Gasteiger partial charge >= 0.3 is 0 Å². The summed E-state index contributed by atoms with van der Waals surface area (Å²) in [5, 5.41) is 9.61. The number of ketones is 1. The molecular formula is C22H28N4OS. The van der Waals surface area contributed by atoms with Gasteiger partial charge in [0, 0.05) is 35.6 Å². The summed E-state index contributed by atoms with van der Waals surface area (Å²) < 4.78 is 4.30. The first-order valence-corrected chi connectivity index (χ1v) is 10.8.